The number of rotatable bonds is 3. The van der Waals surface area contributed by atoms with E-state index in [9.17, 15) is 4.79 Å². The second kappa shape index (κ2) is 5.58. The predicted molar refractivity (Wildman–Crippen MR) is 82.6 cm³/mol. The van der Waals surface area contributed by atoms with E-state index >= 15 is 0 Å². The lowest BCUT2D eigenvalue weighted by Gasteiger charge is -2.02. The van der Waals surface area contributed by atoms with Crippen molar-refractivity contribution in [3.63, 3.8) is 0 Å². The molecule has 0 aliphatic carbocycles. The molecule has 5 heteroatoms. The van der Waals surface area contributed by atoms with E-state index in [4.69, 9.17) is 16.0 Å². The summed E-state index contributed by atoms with van der Waals surface area (Å²) in [6, 6.07) is 13.0. The van der Waals surface area contributed by atoms with Crippen LogP contribution < -0.4 is 5.32 Å². The molecule has 0 unspecified atom stereocenters. The molecule has 0 saturated heterocycles. The third-order valence-corrected chi connectivity index (χ3v) is 3.26. The zero-order valence-corrected chi connectivity index (χ0v) is 12.1. The van der Waals surface area contributed by atoms with Crippen LogP contribution in [0.15, 0.2) is 46.9 Å². The van der Waals surface area contributed by atoms with E-state index in [1.807, 2.05) is 30.3 Å². The van der Waals surface area contributed by atoms with Gasteiger partial charge in [0.2, 0.25) is 5.91 Å². The van der Waals surface area contributed by atoms with Crippen LogP contribution >= 0.6 is 11.6 Å². The number of benzene rings is 2. The smallest absolute Gasteiger partial charge is 0.221 e. The Hall–Kier alpha value is -2.33. The van der Waals surface area contributed by atoms with Gasteiger partial charge in [-0.2, -0.15) is 0 Å². The fourth-order valence-electron chi connectivity index (χ4n) is 2.11. The predicted octanol–water partition coefficient (Wildman–Crippen LogP) is 4.03. The molecule has 1 heterocycles. The second-order valence-corrected chi connectivity index (χ2v) is 5.21. The molecule has 0 saturated carbocycles. The number of nitrogens with one attached hydrogen (secondary N) is 1. The molecular weight excluding hydrogens is 288 g/mol. The molecule has 0 aliphatic heterocycles. The molecule has 2 aromatic carbocycles. The lowest BCUT2D eigenvalue weighted by molar-refractivity contribution is -0.114. The summed E-state index contributed by atoms with van der Waals surface area (Å²) in [5, 5.41) is 3.37. The van der Waals surface area contributed by atoms with Gasteiger partial charge in [-0.15, -0.1) is 0 Å². The highest BCUT2D eigenvalue weighted by Crippen LogP contribution is 2.21. The van der Waals surface area contributed by atoms with Crippen LogP contribution in [0.4, 0.5) is 5.69 Å². The van der Waals surface area contributed by atoms with Crippen LogP contribution in [-0.4, -0.2) is 10.9 Å². The van der Waals surface area contributed by atoms with Gasteiger partial charge in [-0.05, 0) is 35.9 Å². The summed E-state index contributed by atoms with van der Waals surface area (Å²) in [6.45, 7) is 1.48. The molecule has 0 bridgehead atoms. The first-order valence-corrected chi connectivity index (χ1v) is 6.89. The largest absolute Gasteiger partial charge is 0.440 e. The topological polar surface area (TPSA) is 55.1 Å². The van der Waals surface area contributed by atoms with Crippen LogP contribution in [0.25, 0.3) is 11.1 Å². The van der Waals surface area contributed by atoms with Gasteiger partial charge < -0.3 is 9.73 Å². The fraction of sp³-hybridized carbons (Fsp3) is 0.125. The second-order valence-electron chi connectivity index (χ2n) is 4.77. The highest BCUT2D eigenvalue weighted by atomic mass is 35.5. The highest BCUT2D eigenvalue weighted by Gasteiger charge is 2.07. The summed E-state index contributed by atoms with van der Waals surface area (Å²) in [5.41, 5.74) is 3.31. The van der Waals surface area contributed by atoms with Gasteiger partial charge in [0.25, 0.3) is 0 Å². The normalized spacial score (nSPS) is 10.8. The molecule has 1 N–H and O–H groups in total. The quantitative estimate of drug-likeness (QED) is 0.794. The fourth-order valence-corrected chi connectivity index (χ4v) is 2.27. The molecular formula is C16H13ClN2O2. The lowest BCUT2D eigenvalue weighted by atomic mass is 10.1. The number of fused-ring (bicyclic) bond motifs is 1. The molecule has 0 atom stereocenters. The number of hydrogen-bond donors (Lipinski definition) is 1. The van der Waals surface area contributed by atoms with Gasteiger partial charge in [0.15, 0.2) is 11.5 Å². The standard InChI is InChI=1S/C16H13ClN2O2/c1-10(20)18-13-5-2-11(3-6-13)8-16-19-14-9-12(17)4-7-15(14)21-16/h2-7,9H,8H2,1H3,(H,18,20). The summed E-state index contributed by atoms with van der Waals surface area (Å²) in [4.78, 5) is 15.4. The molecule has 21 heavy (non-hydrogen) atoms. The zero-order valence-electron chi connectivity index (χ0n) is 11.4. The van der Waals surface area contributed by atoms with Gasteiger partial charge in [-0.25, -0.2) is 4.98 Å². The van der Waals surface area contributed by atoms with Crippen molar-refractivity contribution in [2.24, 2.45) is 0 Å². The Labute approximate surface area is 126 Å². The minimum Gasteiger partial charge on any atom is -0.440 e. The van der Waals surface area contributed by atoms with E-state index in [2.05, 4.69) is 10.3 Å². The van der Waals surface area contributed by atoms with Crippen molar-refractivity contribution in [3.8, 4) is 0 Å². The van der Waals surface area contributed by atoms with E-state index in [0.717, 1.165) is 22.4 Å². The average Bonchev–Trinajstić information content (AvgIpc) is 2.82. The van der Waals surface area contributed by atoms with Crippen molar-refractivity contribution in [1.29, 1.82) is 0 Å². The van der Waals surface area contributed by atoms with E-state index in [0.29, 0.717) is 17.3 Å². The first-order chi connectivity index (χ1) is 10.1. The van der Waals surface area contributed by atoms with Gasteiger partial charge >= 0.3 is 0 Å². The Morgan fingerprint density at radius 2 is 2.00 bits per heavy atom. The van der Waals surface area contributed by atoms with Gasteiger partial charge in [0.05, 0.1) is 0 Å². The Morgan fingerprint density at radius 1 is 1.24 bits per heavy atom. The van der Waals surface area contributed by atoms with Gasteiger partial charge in [-0.1, -0.05) is 23.7 Å². The minimum absolute atomic E-state index is 0.0846. The number of anilines is 1. The van der Waals surface area contributed by atoms with Gasteiger partial charge in [-0.3, -0.25) is 4.79 Å². The van der Waals surface area contributed by atoms with Crippen molar-refractivity contribution in [3.05, 3.63) is 58.9 Å². The molecule has 0 aliphatic rings. The summed E-state index contributed by atoms with van der Waals surface area (Å²) in [6.07, 6.45) is 0.590. The van der Waals surface area contributed by atoms with Crippen molar-refractivity contribution in [1.82, 2.24) is 4.98 Å². The number of hydrogen-bond acceptors (Lipinski definition) is 3. The highest BCUT2D eigenvalue weighted by molar-refractivity contribution is 6.31. The van der Waals surface area contributed by atoms with Gasteiger partial charge in [0.1, 0.15) is 5.52 Å². The van der Waals surface area contributed by atoms with Crippen LogP contribution in [-0.2, 0) is 11.2 Å². The van der Waals surface area contributed by atoms with Crippen molar-refractivity contribution >= 4 is 34.3 Å². The molecule has 0 radical (unpaired) electrons. The molecule has 3 aromatic rings. The number of nitrogens with zero attached hydrogens (tertiary/aromatic N) is 1. The molecule has 1 amide bonds. The van der Waals surface area contributed by atoms with Crippen LogP contribution in [0.2, 0.25) is 5.02 Å². The van der Waals surface area contributed by atoms with Crippen LogP contribution in [0.5, 0.6) is 0 Å². The molecule has 106 valence electrons. The SMILES string of the molecule is CC(=O)Nc1ccc(Cc2nc3cc(Cl)ccc3o2)cc1. The molecule has 4 nitrogen and oxygen atoms in total. The average molecular weight is 301 g/mol. The third-order valence-electron chi connectivity index (χ3n) is 3.02. The summed E-state index contributed by atoms with van der Waals surface area (Å²) < 4.78 is 5.68. The summed E-state index contributed by atoms with van der Waals surface area (Å²) >= 11 is 5.93. The first kappa shape index (κ1) is 13.6. The number of carbonyl (C=O) groups excluding carboxylic acids is 1. The van der Waals surface area contributed by atoms with Crippen molar-refractivity contribution in [2.45, 2.75) is 13.3 Å². The van der Waals surface area contributed by atoms with Crippen LogP contribution in [0.1, 0.15) is 18.4 Å². The number of halogens is 1. The maximum Gasteiger partial charge on any atom is 0.221 e. The van der Waals surface area contributed by atoms with Crippen molar-refractivity contribution in [2.75, 3.05) is 5.32 Å². The molecule has 1 aromatic heterocycles. The molecule has 0 spiro atoms. The summed E-state index contributed by atoms with van der Waals surface area (Å²) in [5.74, 6) is 0.554. The van der Waals surface area contributed by atoms with E-state index in [-0.39, 0.29) is 5.91 Å². The van der Waals surface area contributed by atoms with Crippen LogP contribution in [0, 0.1) is 0 Å². The Bertz CT molecular complexity index is 794. The van der Waals surface area contributed by atoms with E-state index in [1.54, 1.807) is 12.1 Å². The van der Waals surface area contributed by atoms with E-state index < -0.39 is 0 Å². The number of oxazole rings is 1. The van der Waals surface area contributed by atoms with E-state index in [1.165, 1.54) is 6.92 Å². The third kappa shape index (κ3) is 3.23. The maximum absolute atomic E-state index is 11.0. The molecule has 3 rings (SSSR count). The van der Waals surface area contributed by atoms with Crippen LogP contribution in [0.3, 0.4) is 0 Å². The molecule has 0 fully saturated rings. The lowest BCUT2D eigenvalue weighted by Crippen LogP contribution is -2.05. The number of carbonyl (C=O) groups is 1. The maximum atomic E-state index is 11.0. The minimum atomic E-state index is -0.0846. The summed E-state index contributed by atoms with van der Waals surface area (Å²) in [7, 11) is 0. The Balaban J connectivity index is 1.79. The Morgan fingerprint density at radius 3 is 2.71 bits per heavy atom. The van der Waals surface area contributed by atoms with Gasteiger partial charge in [0, 0.05) is 24.1 Å². The number of aromatic nitrogens is 1. The monoisotopic (exact) mass is 300 g/mol. The first-order valence-electron chi connectivity index (χ1n) is 6.52. The van der Waals surface area contributed by atoms with Crippen molar-refractivity contribution < 1.29 is 9.21 Å². The number of amides is 1. The zero-order chi connectivity index (χ0) is 14.8. The Kier molecular flexibility index (Phi) is 3.62.